The predicted octanol–water partition coefficient (Wildman–Crippen LogP) is 3.41. The lowest BCUT2D eigenvalue weighted by Gasteiger charge is -2.07. The SMILES string of the molecule is CCCCSCC(=NO)c1cc(C)ccc1O. The van der Waals surface area contributed by atoms with Gasteiger partial charge in [0, 0.05) is 11.3 Å². The van der Waals surface area contributed by atoms with Crippen molar-refractivity contribution < 1.29 is 10.3 Å². The Labute approximate surface area is 107 Å². The second kappa shape index (κ2) is 7.22. The second-order valence-corrected chi connectivity index (χ2v) is 5.08. The van der Waals surface area contributed by atoms with Gasteiger partial charge in [0.1, 0.15) is 11.5 Å². The molecule has 1 aromatic rings. The Balaban J connectivity index is 2.70. The van der Waals surface area contributed by atoms with Gasteiger partial charge < -0.3 is 10.3 Å². The zero-order valence-electron chi connectivity index (χ0n) is 10.3. The van der Waals surface area contributed by atoms with Crippen LogP contribution in [0.2, 0.25) is 0 Å². The van der Waals surface area contributed by atoms with Gasteiger partial charge in [0.05, 0.1) is 0 Å². The zero-order chi connectivity index (χ0) is 12.7. The minimum atomic E-state index is 0.166. The molecule has 0 aliphatic heterocycles. The molecular formula is C13H19NO2S. The molecule has 0 atom stereocenters. The lowest BCUT2D eigenvalue weighted by molar-refractivity contribution is 0.319. The van der Waals surface area contributed by atoms with Crippen molar-refractivity contribution >= 4 is 17.5 Å². The van der Waals surface area contributed by atoms with E-state index in [0.717, 1.165) is 24.2 Å². The van der Waals surface area contributed by atoms with E-state index in [4.69, 9.17) is 5.21 Å². The van der Waals surface area contributed by atoms with Gasteiger partial charge in [-0.05, 0) is 31.2 Å². The van der Waals surface area contributed by atoms with E-state index in [1.54, 1.807) is 17.8 Å². The van der Waals surface area contributed by atoms with Crippen LogP contribution in [0.5, 0.6) is 5.75 Å². The Bertz CT molecular complexity index is 391. The Hall–Kier alpha value is -1.16. The molecule has 0 saturated carbocycles. The number of phenolic OH excluding ortho intramolecular Hbond substituents is 1. The number of unbranched alkanes of at least 4 members (excludes halogenated alkanes) is 1. The monoisotopic (exact) mass is 253 g/mol. The van der Waals surface area contributed by atoms with Gasteiger partial charge in [-0.15, -0.1) is 0 Å². The second-order valence-electron chi connectivity index (χ2n) is 3.97. The fraction of sp³-hybridized carbons (Fsp3) is 0.462. The van der Waals surface area contributed by atoms with Crippen molar-refractivity contribution in [3.63, 3.8) is 0 Å². The average Bonchev–Trinajstić information content (AvgIpc) is 2.33. The van der Waals surface area contributed by atoms with E-state index in [9.17, 15) is 5.11 Å². The molecule has 0 radical (unpaired) electrons. The number of hydrogen-bond donors (Lipinski definition) is 2. The molecule has 0 unspecified atom stereocenters. The van der Waals surface area contributed by atoms with Crippen molar-refractivity contribution in [3.8, 4) is 5.75 Å². The predicted molar refractivity (Wildman–Crippen MR) is 73.4 cm³/mol. The summed E-state index contributed by atoms with van der Waals surface area (Å²) < 4.78 is 0. The summed E-state index contributed by atoms with van der Waals surface area (Å²) in [5.41, 5.74) is 2.20. The quantitative estimate of drug-likeness (QED) is 0.353. The van der Waals surface area contributed by atoms with E-state index in [-0.39, 0.29) is 5.75 Å². The van der Waals surface area contributed by atoms with Crippen LogP contribution in [0.4, 0.5) is 0 Å². The maximum absolute atomic E-state index is 9.74. The summed E-state index contributed by atoms with van der Waals surface area (Å²) in [7, 11) is 0. The first kappa shape index (κ1) is 13.9. The number of thioether (sulfide) groups is 1. The molecule has 0 fully saturated rings. The topological polar surface area (TPSA) is 52.8 Å². The Morgan fingerprint density at radius 3 is 2.82 bits per heavy atom. The van der Waals surface area contributed by atoms with Crippen molar-refractivity contribution in [1.82, 2.24) is 0 Å². The number of benzene rings is 1. The van der Waals surface area contributed by atoms with Crippen LogP contribution in [0.15, 0.2) is 23.4 Å². The van der Waals surface area contributed by atoms with Gasteiger partial charge >= 0.3 is 0 Å². The van der Waals surface area contributed by atoms with Crippen LogP contribution in [0.25, 0.3) is 0 Å². The van der Waals surface area contributed by atoms with E-state index in [2.05, 4.69) is 12.1 Å². The van der Waals surface area contributed by atoms with Gasteiger partial charge in [-0.25, -0.2) is 0 Å². The molecule has 0 bridgehead atoms. The first-order valence-electron chi connectivity index (χ1n) is 5.77. The maximum Gasteiger partial charge on any atom is 0.124 e. The molecule has 1 aromatic carbocycles. The van der Waals surface area contributed by atoms with Crippen molar-refractivity contribution in [2.75, 3.05) is 11.5 Å². The molecule has 94 valence electrons. The molecule has 4 heteroatoms. The van der Waals surface area contributed by atoms with Crippen molar-refractivity contribution in [2.24, 2.45) is 5.16 Å². The summed E-state index contributed by atoms with van der Waals surface area (Å²) in [5, 5.41) is 22.0. The molecule has 0 heterocycles. The number of rotatable bonds is 6. The maximum atomic E-state index is 9.74. The standard InChI is InChI=1S/C13H19NO2S/c1-3-4-7-17-9-12(14-16)11-8-10(2)5-6-13(11)15/h5-6,8,15-16H,3-4,7,9H2,1-2H3. The van der Waals surface area contributed by atoms with Crippen molar-refractivity contribution in [1.29, 1.82) is 0 Å². The number of aromatic hydroxyl groups is 1. The lowest BCUT2D eigenvalue weighted by Crippen LogP contribution is -2.06. The number of oxime groups is 1. The molecular weight excluding hydrogens is 234 g/mol. The van der Waals surface area contributed by atoms with Crippen LogP contribution in [0.3, 0.4) is 0 Å². The zero-order valence-corrected chi connectivity index (χ0v) is 11.1. The van der Waals surface area contributed by atoms with Gasteiger partial charge in [-0.3, -0.25) is 0 Å². The lowest BCUT2D eigenvalue weighted by atomic mass is 10.1. The highest BCUT2D eigenvalue weighted by atomic mass is 32.2. The van der Waals surface area contributed by atoms with Crippen LogP contribution in [-0.4, -0.2) is 27.5 Å². The van der Waals surface area contributed by atoms with E-state index in [0.29, 0.717) is 17.0 Å². The molecule has 1 rings (SSSR count). The summed E-state index contributed by atoms with van der Waals surface area (Å²) in [6.07, 6.45) is 2.32. The van der Waals surface area contributed by atoms with Crippen molar-refractivity contribution in [3.05, 3.63) is 29.3 Å². The number of hydrogen-bond acceptors (Lipinski definition) is 4. The molecule has 0 aromatic heterocycles. The van der Waals surface area contributed by atoms with Gasteiger partial charge in [0.2, 0.25) is 0 Å². The third-order valence-electron chi connectivity index (χ3n) is 2.46. The third-order valence-corrected chi connectivity index (χ3v) is 3.52. The Morgan fingerprint density at radius 1 is 1.41 bits per heavy atom. The Kier molecular flexibility index (Phi) is 5.91. The fourth-order valence-corrected chi connectivity index (χ4v) is 2.50. The highest BCUT2D eigenvalue weighted by Gasteiger charge is 2.10. The van der Waals surface area contributed by atoms with E-state index in [1.165, 1.54) is 0 Å². The summed E-state index contributed by atoms with van der Waals surface area (Å²) >= 11 is 1.72. The highest BCUT2D eigenvalue weighted by molar-refractivity contribution is 7.99. The summed E-state index contributed by atoms with van der Waals surface area (Å²) in [6.45, 7) is 4.09. The first-order valence-corrected chi connectivity index (χ1v) is 6.93. The molecule has 0 aliphatic rings. The van der Waals surface area contributed by atoms with Crippen molar-refractivity contribution in [2.45, 2.75) is 26.7 Å². The summed E-state index contributed by atoms with van der Waals surface area (Å²) in [4.78, 5) is 0. The molecule has 0 spiro atoms. The number of aryl methyl sites for hydroxylation is 1. The van der Waals surface area contributed by atoms with Crippen LogP contribution in [-0.2, 0) is 0 Å². The first-order chi connectivity index (χ1) is 8.19. The molecule has 3 nitrogen and oxygen atoms in total. The molecule has 0 saturated heterocycles. The van der Waals surface area contributed by atoms with E-state index >= 15 is 0 Å². The number of nitrogens with zero attached hydrogens (tertiary/aromatic N) is 1. The Morgan fingerprint density at radius 2 is 2.18 bits per heavy atom. The van der Waals surface area contributed by atoms with Gasteiger partial charge in [0.15, 0.2) is 0 Å². The molecule has 2 N–H and O–H groups in total. The van der Waals surface area contributed by atoms with Crippen LogP contribution in [0, 0.1) is 6.92 Å². The fourth-order valence-electron chi connectivity index (χ4n) is 1.46. The smallest absolute Gasteiger partial charge is 0.124 e. The van der Waals surface area contributed by atoms with Crippen LogP contribution >= 0.6 is 11.8 Å². The summed E-state index contributed by atoms with van der Waals surface area (Å²) in [6, 6.07) is 5.30. The average molecular weight is 253 g/mol. The minimum Gasteiger partial charge on any atom is -0.507 e. The van der Waals surface area contributed by atoms with Gasteiger partial charge in [-0.1, -0.05) is 30.1 Å². The van der Waals surface area contributed by atoms with Gasteiger partial charge in [-0.2, -0.15) is 11.8 Å². The van der Waals surface area contributed by atoms with E-state index < -0.39 is 0 Å². The van der Waals surface area contributed by atoms with Crippen LogP contribution < -0.4 is 0 Å². The van der Waals surface area contributed by atoms with Crippen LogP contribution in [0.1, 0.15) is 30.9 Å². The minimum absolute atomic E-state index is 0.166. The normalized spacial score (nSPS) is 11.8. The largest absolute Gasteiger partial charge is 0.507 e. The highest BCUT2D eigenvalue weighted by Crippen LogP contribution is 2.21. The number of phenols is 1. The third kappa shape index (κ3) is 4.30. The molecule has 0 aliphatic carbocycles. The molecule has 0 amide bonds. The van der Waals surface area contributed by atoms with E-state index in [1.807, 2.05) is 19.1 Å². The molecule has 17 heavy (non-hydrogen) atoms. The summed E-state index contributed by atoms with van der Waals surface area (Å²) in [5.74, 6) is 1.83. The van der Waals surface area contributed by atoms with Gasteiger partial charge in [0.25, 0.3) is 0 Å².